The number of nitrogens with zero attached hydrogens (tertiary/aromatic N) is 4. The summed E-state index contributed by atoms with van der Waals surface area (Å²) >= 11 is 0. The van der Waals surface area contributed by atoms with Gasteiger partial charge in [-0.15, -0.1) is 0 Å². The first-order valence-electron chi connectivity index (χ1n) is 9.53. The van der Waals surface area contributed by atoms with Crippen LogP contribution in [0.3, 0.4) is 0 Å². The fourth-order valence-corrected chi connectivity index (χ4v) is 4.05. The molecule has 142 valence electrons. The van der Waals surface area contributed by atoms with E-state index >= 15 is 0 Å². The molecule has 7 heteroatoms. The van der Waals surface area contributed by atoms with Gasteiger partial charge in [0.1, 0.15) is 0 Å². The third kappa shape index (κ3) is 4.80. The summed E-state index contributed by atoms with van der Waals surface area (Å²) < 4.78 is 0. The summed E-state index contributed by atoms with van der Waals surface area (Å²) in [4.78, 5) is 9.03. The van der Waals surface area contributed by atoms with E-state index in [-0.39, 0.29) is 13.2 Å². The normalized spacial score (nSPS) is 29.3. The van der Waals surface area contributed by atoms with Crippen molar-refractivity contribution in [2.45, 2.75) is 44.4 Å². The lowest BCUT2D eigenvalue weighted by atomic mass is 9.98. The van der Waals surface area contributed by atoms with Crippen LogP contribution >= 0.6 is 0 Å². The molecule has 0 spiro atoms. The molecule has 3 aliphatic rings. The second-order valence-corrected chi connectivity index (χ2v) is 7.33. The van der Waals surface area contributed by atoms with Crippen LogP contribution in [0.2, 0.25) is 0 Å². The molecule has 0 amide bonds. The second kappa shape index (κ2) is 8.78. The molecule has 7 nitrogen and oxygen atoms in total. The molecule has 25 heavy (non-hydrogen) atoms. The molecule has 0 bridgehead atoms. The number of aliphatic hydroxyl groups is 2. The molecule has 3 aliphatic heterocycles. The first-order valence-corrected chi connectivity index (χ1v) is 9.53. The predicted molar refractivity (Wildman–Crippen MR) is 98.2 cm³/mol. The largest absolute Gasteiger partial charge is 0.395 e. The van der Waals surface area contributed by atoms with Gasteiger partial charge in [-0.05, 0) is 19.8 Å². The highest BCUT2D eigenvalue weighted by Gasteiger charge is 2.28. The van der Waals surface area contributed by atoms with Crippen molar-refractivity contribution in [3.8, 4) is 0 Å². The van der Waals surface area contributed by atoms with Crippen molar-refractivity contribution in [3.63, 3.8) is 0 Å². The van der Waals surface area contributed by atoms with Gasteiger partial charge in [0.25, 0.3) is 0 Å². The highest BCUT2D eigenvalue weighted by Crippen LogP contribution is 2.20. The number of hydrogen-bond donors (Lipinski definition) is 3. The Bertz CT molecular complexity index is 472. The zero-order chi connectivity index (χ0) is 17.6. The number of nitrogens with one attached hydrogen (secondary N) is 1. The van der Waals surface area contributed by atoms with Crippen LogP contribution in [0.25, 0.3) is 0 Å². The number of hydrogen-bond acceptors (Lipinski definition) is 7. The summed E-state index contributed by atoms with van der Waals surface area (Å²) in [5.41, 5.74) is 0. The van der Waals surface area contributed by atoms with Crippen LogP contribution in [0.4, 0.5) is 0 Å². The maximum Gasteiger partial charge on any atom is 0.0979 e. The molecule has 0 aromatic heterocycles. The number of β-amino-alcohol motifs (C(OH)–C–C–N with tert-alkyl or cyclic N) is 2. The molecule has 3 rings (SSSR count). The Hall–Kier alpha value is -1.44. The lowest BCUT2D eigenvalue weighted by molar-refractivity contribution is 0.123. The van der Waals surface area contributed by atoms with Crippen molar-refractivity contribution in [2.24, 2.45) is 0 Å². The smallest absolute Gasteiger partial charge is 0.0979 e. The first-order chi connectivity index (χ1) is 12.2. The highest BCUT2D eigenvalue weighted by atomic mass is 16.3. The van der Waals surface area contributed by atoms with Gasteiger partial charge in [-0.25, -0.2) is 0 Å². The van der Waals surface area contributed by atoms with Crippen LogP contribution in [0.15, 0.2) is 24.8 Å². The van der Waals surface area contributed by atoms with Crippen molar-refractivity contribution in [1.29, 1.82) is 0 Å². The van der Waals surface area contributed by atoms with Crippen molar-refractivity contribution in [3.05, 3.63) is 24.8 Å². The Morgan fingerprint density at radius 1 is 0.880 bits per heavy atom. The fourth-order valence-electron chi connectivity index (χ4n) is 4.05. The Morgan fingerprint density at radius 3 is 2.32 bits per heavy atom. The van der Waals surface area contributed by atoms with Crippen molar-refractivity contribution < 1.29 is 10.2 Å². The van der Waals surface area contributed by atoms with Gasteiger partial charge in [0.05, 0.1) is 26.0 Å². The molecule has 3 heterocycles. The summed E-state index contributed by atoms with van der Waals surface area (Å²) in [5.74, 6) is 0. The van der Waals surface area contributed by atoms with E-state index in [2.05, 4.69) is 56.6 Å². The Balaban J connectivity index is 1.43. The summed E-state index contributed by atoms with van der Waals surface area (Å²) in [6.07, 6.45) is 12.5. The quantitative estimate of drug-likeness (QED) is 0.567. The van der Waals surface area contributed by atoms with E-state index in [9.17, 15) is 0 Å². The third-order valence-electron chi connectivity index (χ3n) is 5.47. The molecule has 1 fully saturated rings. The molecular weight excluding hydrogens is 318 g/mol. The summed E-state index contributed by atoms with van der Waals surface area (Å²) in [6.45, 7) is 6.92. The van der Waals surface area contributed by atoms with Crippen LogP contribution in [-0.4, -0.2) is 94.1 Å². The predicted octanol–water partition coefficient (Wildman–Crippen LogP) is -0.0372. The van der Waals surface area contributed by atoms with Gasteiger partial charge in [0.2, 0.25) is 0 Å². The van der Waals surface area contributed by atoms with E-state index < -0.39 is 0 Å². The molecule has 1 saturated heterocycles. The monoisotopic (exact) mass is 351 g/mol. The zero-order valence-electron chi connectivity index (χ0n) is 15.3. The Morgan fingerprint density at radius 2 is 1.56 bits per heavy atom. The Kier molecular flexibility index (Phi) is 6.45. The van der Waals surface area contributed by atoms with E-state index in [4.69, 9.17) is 10.2 Å². The van der Waals surface area contributed by atoms with Crippen LogP contribution < -0.4 is 5.32 Å². The molecule has 0 radical (unpaired) electrons. The fraction of sp³-hybridized carbons (Fsp3) is 0.778. The SMILES string of the molecule is CC1N(CCO)C=CN1CC1CCCC(CN2C=CN(CCO)C2)N1. The molecule has 0 aromatic rings. The summed E-state index contributed by atoms with van der Waals surface area (Å²) in [6, 6.07) is 1.04. The molecule has 3 atom stereocenters. The lowest BCUT2D eigenvalue weighted by Gasteiger charge is -2.37. The highest BCUT2D eigenvalue weighted by molar-refractivity contribution is 4.98. The lowest BCUT2D eigenvalue weighted by Crippen LogP contribution is -2.52. The van der Waals surface area contributed by atoms with E-state index in [1.54, 1.807) is 0 Å². The molecule has 3 unspecified atom stereocenters. The summed E-state index contributed by atoms with van der Waals surface area (Å²) in [7, 11) is 0. The van der Waals surface area contributed by atoms with Crippen LogP contribution in [0.5, 0.6) is 0 Å². The van der Waals surface area contributed by atoms with E-state index in [0.717, 1.165) is 19.8 Å². The topological polar surface area (TPSA) is 65.5 Å². The average Bonchev–Trinajstić information content (AvgIpc) is 3.17. The van der Waals surface area contributed by atoms with Gasteiger partial charge in [0, 0.05) is 63.1 Å². The van der Waals surface area contributed by atoms with Crippen LogP contribution in [-0.2, 0) is 0 Å². The third-order valence-corrected chi connectivity index (χ3v) is 5.47. The van der Waals surface area contributed by atoms with Gasteiger partial charge in [-0.1, -0.05) is 6.42 Å². The van der Waals surface area contributed by atoms with Crippen molar-refractivity contribution in [1.82, 2.24) is 24.9 Å². The van der Waals surface area contributed by atoms with E-state index in [0.29, 0.717) is 31.3 Å². The van der Waals surface area contributed by atoms with Gasteiger partial charge < -0.3 is 35.1 Å². The minimum absolute atomic E-state index is 0.197. The van der Waals surface area contributed by atoms with Crippen LogP contribution in [0.1, 0.15) is 26.2 Å². The second-order valence-electron chi connectivity index (χ2n) is 7.33. The first kappa shape index (κ1) is 18.4. The number of piperidine rings is 1. The standard InChI is InChI=1S/C18H33N5O2/c1-16-22(10-12-25)7-8-23(16)14-18-4-2-3-17(19-18)13-21-6-5-20(15-21)9-11-24/h5-8,16-19,24-25H,2-4,9-15H2,1H3. The van der Waals surface area contributed by atoms with Gasteiger partial charge >= 0.3 is 0 Å². The number of aliphatic hydroxyl groups excluding tert-OH is 2. The van der Waals surface area contributed by atoms with Gasteiger partial charge in [-0.3, -0.25) is 0 Å². The van der Waals surface area contributed by atoms with Gasteiger partial charge in [0.15, 0.2) is 0 Å². The number of rotatable bonds is 8. The zero-order valence-corrected chi connectivity index (χ0v) is 15.3. The molecule has 3 N–H and O–H groups in total. The molecule has 0 aliphatic carbocycles. The maximum atomic E-state index is 9.14. The summed E-state index contributed by atoms with van der Waals surface area (Å²) in [5, 5.41) is 22.0. The van der Waals surface area contributed by atoms with Crippen molar-refractivity contribution in [2.75, 3.05) is 46.1 Å². The van der Waals surface area contributed by atoms with Crippen LogP contribution in [0, 0.1) is 0 Å². The average molecular weight is 351 g/mol. The minimum Gasteiger partial charge on any atom is -0.395 e. The molecule has 0 aromatic carbocycles. The molecular formula is C18H33N5O2. The molecule has 0 saturated carbocycles. The van der Waals surface area contributed by atoms with Gasteiger partial charge in [-0.2, -0.15) is 0 Å². The van der Waals surface area contributed by atoms with Crippen molar-refractivity contribution >= 4 is 0 Å². The Labute approximate surface area is 151 Å². The maximum absolute atomic E-state index is 9.14. The van der Waals surface area contributed by atoms with E-state index in [1.165, 1.54) is 19.3 Å². The minimum atomic E-state index is 0.197. The van der Waals surface area contributed by atoms with E-state index in [1.807, 2.05) is 0 Å².